The van der Waals surface area contributed by atoms with Crippen LogP contribution in [0, 0.1) is 0 Å². The zero-order valence-electron chi connectivity index (χ0n) is 17.5. The molecule has 7 nitrogen and oxygen atoms in total. The molecule has 0 aliphatic carbocycles. The molecule has 0 saturated carbocycles. The standard InChI is InChI=1S/C22H24N6OS2/c1-29-17-7-3-5-15(13-17)19-20(28-11-12-31-22(28)26-19)18-8-9-23-21(25-18)24-16-6-4-10-27(14-16)30-2/h3,5,7-9,11-13,16H,4,6,10,14H2,1-2H3,(H,23,24,25)/t16-/m1/s1. The lowest BCUT2D eigenvalue weighted by Crippen LogP contribution is -2.38. The Morgan fingerprint density at radius 3 is 3.06 bits per heavy atom. The number of piperidine rings is 1. The summed E-state index contributed by atoms with van der Waals surface area (Å²) < 4.78 is 9.91. The van der Waals surface area contributed by atoms with Crippen molar-refractivity contribution in [2.75, 3.05) is 31.8 Å². The van der Waals surface area contributed by atoms with E-state index in [1.165, 1.54) is 6.42 Å². The van der Waals surface area contributed by atoms with Gasteiger partial charge in [0.1, 0.15) is 11.4 Å². The molecule has 5 rings (SSSR count). The van der Waals surface area contributed by atoms with Gasteiger partial charge < -0.3 is 10.1 Å². The summed E-state index contributed by atoms with van der Waals surface area (Å²) >= 11 is 3.41. The molecule has 31 heavy (non-hydrogen) atoms. The highest BCUT2D eigenvalue weighted by atomic mass is 32.2. The van der Waals surface area contributed by atoms with Gasteiger partial charge in [0.05, 0.1) is 18.5 Å². The first kappa shape index (κ1) is 20.3. The van der Waals surface area contributed by atoms with E-state index in [-0.39, 0.29) is 0 Å². The van der Waals surface area contributed by atoms with Crippen LogP contribution in [-0.2, 0) is 0 Å². The van der Waals surface area contributed by atoms with Gasteiger partial charge in [0.15, 0.2) is 4.96 Å². The molecule has 1 N–H and O–H groups in total. The lowest BCUT2D eigenvalue weighted by molar-refractivity contribution is 0.356. The molecule has 1 aliphatic rings. The SMILES string of the molecule is COc1cccc(-c2nc3sccn3c2-c2ccnc(N[C@@H]3CCCN(SC)C3)n2)c1. The number of nitrogens with one attached hydrogen (secondary N) is 1. The summed E-state index contributed by atoms with van der Waals surface area (Å²) in [5, 5.41) is 5.58. The third-order valence-electron chi connectivity index (χ3n) is 5.48. The Balaban J connectivity index is 1.52. The Bertz CT molecular complexity index is 1190. The maximum atomic E-state index is 5.43. The molecule has 1 aromatic carbocycles. The van der Waals surface area contributed by atoms with Gasteiger partial charge in [-0.2, -0.15) is 0 Å². The Labute approximate surface area is 189 Å². The van der Waals surface area contributed by atoms with E-state index in [2.05, 4.69) is 31.3 Å². The molecule has 160 valence electrons. The van der Waals surface area contributed by atoms with E-state index in [1.807, 2.05) is 42.0 Å². The second-order valence-corrected chi connectivity index (χ2v) is 9.17. The number of ether oxygens (including phenoxy) is 1. The first-order chi connectivity index (χ1) is 15.2. The second-order valence-electron chi connectivity index (χ2n) is 7.42. The van der Waals surface area contributed by atoms with Crippen molar-refractivity contribution in [1.82, 2.24) is 23.7 Å². The quantitative estimate of drug-likeness (QED) is 0.426. The molecule has 0 amide bonds. The first-order valence-electron chi connectivity index (χ1n) is 10.2. The minimum absolute atomic E-state index is 0.348. The van der Waals surface area contributed by atoms with Crippen molar-refractivity contribution < 1.29 is 4.74 Å². The molecular weight excluding hydrogens is 428 g/mol. The molecule has 1 fully saturated rings. The zero-order chi connectivity index (χ0) is 21.2. The molecule has 0 spiro atoms. The fraction of sp³-hybridized carbons (Fsp3) is 0.318. The maximum absolute atomic E-state index is 5.43. The number of hydrogen-bond acceptors (Lipinski definition) is 8. The molecular formula is C22H24N6OS2. The van der Waals surface area contributed by atoms with E-state index in [1.54, 1.807) is 30.4 Å². The van der Waals surface area contributed by atoms with Crippen LogP contribution >= 0.6 is 23.3 Å². The zero-order valence-corrected chi connectivity index (χ0v) is 19.1. The van der Waals surface area contributed by atoms with Crippen LogP contribution in [0.15, 0.2) is 48.1 Å². The van der Waals surface area contributed by atoms with Gasteiger partial charge in [0, 0.05) is 42.5 Å². The van der Waals surface area contributed by atoms with Gasteiger partial charge in [-0.25, -0.2) is 19.3 Å². The summed E-state index contributed by atoms with van der Waals surface area (Å²) in [4.78, 5) is 15.2. The number of methoxy groups -OCH3 is 1. The van der Waals surface area contributed by atoms with Gasteiger partial charge in [-0.15, -0.1) is 11.3 Å². The van der Waals surface area contributed by atoms with Gasteiger partial charge in [0.25, 0.3) is 0 Å². The van der Waals surface area contributed by atoms with Crippen LogP contribution < -0.4 is 10.1 Å². The largest absolute Gasteiger partial charge is 0.497 e. The van der Waals surface area contributed by atoms with Gasteiger partial charge in [-0.05, 0) is 37.3 Å². The highest BCUT2D eigenvalue weighted by Gasteiger charge is 2.22. The maximum Gasteiger partial charge on any atom is 0.223 e. The van der Waals surface area contributed by atoms with Crippen LogP contribution in [0.5, 0.6) is 5.75 Å². The summed E-state index contributed by atoms with van der Waals surface area (Å²) in [6, 6.07) is 10.3. The number of nitrogens with zero attached hydrogens (tertiary/aromatic N) is 5. The van der Waals surface area contributed by atoms with Crippen LogP contribution in [0.2, 0.25) is 0 Å². The molecule has 9 heteroatoms. The minimum atomic E-state index is 0.348. The molecule has 0 bridgehead atoms. The van der Waals surface area contributed by atoms with Crippen molar-refractivity contribution in [2.45, 2.75) is 18.9 Å². The van der Waals surface area contributed by atoms with E-state index >= 15 is 0 Å². The average Bonchev–Trinajstić information content (AvgIpc) is 3.41. The number of imidazole rings is 1. The highest BCUT2D eigenvalue weighted by molar-refractivity contribution is 7.96. The van der Waals surface area contributed by atoms with Crippen LogP contribution in [0.1, 0.15) is 12.8 Å². The number of anilines is 1. The van der Waals surface area contributed by atoms with E-state index in [9.17, 15) is 0 Å². The first-order valence-corrected chi connectivity index (χ1v) is 12.3. The molecule has 1 aliphatic heterocycles. The number of aromatic nitrogens is 4. The summed E-state index contributed by atoms with van der Waals surface area (Å²) in [5.74, 6) is 1.47. The van der Waals surface area contributed by atoms with Crippen molar-refractivity contribution in [2.24, 2.45) is 0 Å². The predicted octanol–water partition coefficient (Wildman–Crippen LogP) is 4.68. The lowest BCUT2D eigenvalue weighted by Gasteiger charge is -2.31. The molecule has 4 aromatic rings. The normalized spacial score (nSPS) is 17.2. The number of hydrogen-bond donors (Lipinski definition) is 1. The topological polar surface area (TPSA) is 67.6 Å². The number of rotatable bonds is 6. The smallest absolute Gasteiger partial charge is 0.223 e. The van der Waals surface area contributed by atoms with Crippen LogP contribution in [0.25, 0.3) is 27.6 Å². The predicted molar refractivity (Wildman–Crippen MR) is 128 cm³/mol. The fourth-order valence-electron chi connectivity index (χ4n) is 3.97. The summed E-state index contributed by atoms with van der Waals surface area (Å²) in [7, 11) is 1.68. The number of thiazole rings is 1. The van der Waals surface area contributed by atoms with Crippen molar-refractivity contribution in [3.8, 4) is 28.4 Å². The summed E-state index contributed by atoms with van der Waals surface area (Å²) in [6.07, 6.45) is 8.29. The summed E-state index contributed by atoms with van der Waals surface area (Å²) in [5.41, 5.74) is 3.70. The summed E-state index contributed by atoms with van der Waals surface area (Å²) in [6.45, 7) is 2.13. The molecule has 1 atom stereocenters. The average molecular weight is 453 g/mol. The Morgan fingerprint density at radius 2 is 2.19 bits per heavy atom. The van der Waals surface area contributed by atoms with Crippen molar-refractivity contribution in [3.05, 3.63) is 48.1 Å². The van der Waals surface area contributed by atoms with E-state index < -0.39 is 0 Å². The Hall–Kier alpha value is -2.62. The van der Waals surface area contributed by atoms with Gasteiger partial charge >= 0.3 is 0 Å². The van der Waals surface area contributed by atoms with Gasteiger partial charge in [-0.1, -0.05) is 24.1 Å². The van der Waals surface area contributed by atoms with Crippen molar-refractivity contribution in [3.63, 3.8) is 0 Å². The number of fused-ring (bicyclic) bond motifs is 1. The Kier molecular flexibility index (Phi) is 5.80. The molecule has 1 saturated heterocycles. The molecule has 4 heterocycles. The minimum Gasteiger partial charge on any atom is -0.497 e. The Morgan fingerprint density at radius 1 is 1.26 bits per heavy atom. The third kappa shape index (κ3) is 4.13. The molecule has 0 radical (unpaired) electrons. The van der Waals surface area contributed by atoms with E-state index in [0.29, 0.717) is 12.0 Å². The van der Waals surface area contributed by atoms with Gasteiger partial charge in [0.2, 0.25) is 5.95 Å². The fourth-order valence-corrected chi connectivity index (χ4v) is 5.33. The van der Waals surface area contributed by atoms with Crippen LogP contribution in [-0.4, -0.2) is 56.2 Å². The van der Waals surface area contributed by atoms with Crippen molar-refractivity contribution in [1.29, 1.82) is 0 Å². The monoisotopic (exact) mass is 452 g/mol. The van der Waals surface area contributed by atoms with Crippen LogP contribution in [0.4, 0.5) is 5.95 Å². The van der Waals surface area contributed by atoms with E-state index in [0.717, 1.165) is 52.9 Å². The van der Waals surface area contributed by atoms with E-state index in [4.69, 9.17) is 14.7 Å². The third-order valence-corrected chi connectivity index (χ3v) is 7.08. The second kappa shape index (κ2) is 8.86. The lowest BCUT2D eigenvalue weighted by atomic mass is 10.1. The molecule has 3 aromatic heterocycles. The van der Waals surface area contributed by atoms with Gasteiger partial charge in [-0.3, -0.25) is 4.40 Å². The highest BCUT2D eigenvalue weighted by Crippen LogP contribution is 2.35. The number of benzene rings is 1. The van der Waals surface area contributed by atoms with Crippen LogP contribution in [0.3, 0.4) is 0 Å². The molecule has 0 unspecified atom stereocenters. The van der Waals surface area contributed by atoms with Crippen molar-refractivity contribution >= 4 is 34.2 Å².